The maximum absolute atomic E-state index is 13.8. The summed E-state index contributed by atoms with van der Waals surface area (Å²) in [4.78, 5) is 63.2. The van der Waals surface area contributed by atoms with Crippen molar-refractivity contribution in [1.29, 1.82) is 0 Å². The zero-order chi connectivity index (χ0) is 30.4. The number of para-hydroxylation sites is 1. The number of carbonyl (C=O) groups is 5. The number of carbonyl (C=O) groups excluding carboxylic acids is 5. The van der Waals surface area contributed by atoms with Gasteiger partial charge in [0.25, 0.3) is 17.7 Å². The Kier molecular flexibility index (Phi) is 9.18. The van der Waals surface area contributed by atoms with E-state index >= 15 is 0 Å². The molecule has 0 unspecified atom stereocenters. The van der Waals surface area contributed by atoms with Crippen LogP contribution in [0.1, 0.15) is 22.8 Å². The second kappa shape index (κ2) is 13.0. The molecule has 1 saturated heterocycles. The Hall–Kier alpha value is -5.23. The number of imide groups is 2. The molecule has 0 bridgehead atoms. The van der Waals surface area contributed by atoms with Gasteiger partial charge in [-0.25, -0.2) is 18.9 Å². The van der Waals surface area contributed by atoms with Crippen LogP contribution < -0.4 is 25.0 Å². The second-order valence-corrected chi connectivity index (χ2v) is 8.98. The van der Waals surface area contributed by atoms with Crippen molar-refractivity contribution < 1.29 is 42.6 Å². The van der Waals surface area contributed by atoms with Crippen molar-refractivity contribution in [2.45, 2.75) is 6.92 Å². The summed E-state index contributed by atoms with van der Waals surface area (Å²) in [7, 11) is 1.22. The van der Waals surface area contributed by atoms with Gasteiger partial charge in [-0.3, -0.25) is 19.7 Å². The number of anilines is 2. The number of nitrogens with one attached hydrogen (secondary N) is 2. The zero-order valence-electron chi connectivity index (χ0n) is 22.2. The Bertz CT molecular complexity index is 1610. The van der Waals surface area contributed by atoms with Crippen LogP contribution in [0.25, 0.3) is 6.08 Å². The van der Waals surface area contributed by atoms with Crippen molar-refractivity contribution in [1.82, 2.24) is 5.32 Å². The Balaban J connectivity index is 1.58. The standard InChI is InChI=1S/C29H23ClFN3O8/c1-3-41-23-14-16(13-20(30)25(23)42-15-24(35)32-22-7-5-4-6-21(22)31)12-19-26(36)33-29(39)34(27(19)37)18-10-8-17(9-11-18)28(38)40-2/h4-14H,3,15H2,1-2H3,(H,32,35)(H,33,36,39)/b19-12-. The molecule has 3 aromatic carbocycles. The lowest BCUT2D eigenvalue weighted by Crippen LogP contribution is -2.54. The summed E-state index contributed by atoms with van der Waals surface area (Å²) in [6.07, 6.45) is 1.21. The normalized spacial score (nSPS) is 14.0. The van der Waals surface area contributed by atoms with Gasteiger partial charge in [0.1, 0.15) is 11.4 Å². The zero-order valence-corrected chi connectivity index (χ0v) is 23.0. The molecule has 0 spiro atoms. The third-order valence-electron chi connectivity index (χ3n) is 5.79. The summed E-state index contributed by atoms with van der Waals surface area (Å²) in [5.74, 6) is -3.63. The second-order valence-electron chi connectivity index (χ2n) is 8.58. The van der Waals surface area contributed by atoms with E-state index in [1.54, 1.807) is 13.0 Å². The molecular formula is C29H23ClFN3O8. The van der Waals surface area contributed by atoms with Crippen LogP contribution in [-0.4, -0.2) is 50.0 Å². The van der Waals surface area contributed by atoms with Gasteiger partial charge < -0.3 is 19.5 Å². The van der Waals surface area contributed by atoms with Crippen LogP contribution in [0.5, 0.6) is 11.5 Å². The van der Waals surface area contributed by atoms with Crippen molar-refractivity contribution in [2.24, 2.45) is 0 Å². The van der Waals surface area contributed by atoms with E-state index < -0.39 is 42.1 Å². The third kappa shape index (κ3) is 6.56. The van der Waals surface area contributed by atoms with Crippen LogP contribution in [0, 0.1) is 5.82 Å². The summed E-state index contributed by atoms with van der Waals surface area (Å²) in [5, 5.41) is 4.48. The molecule has 13 heteroatoms. The fourth-order valence-corrected chi connectivity index (χ4v) is 4.16. The first-order valence-corrected chi connectivity index (χ1v) is 12.7. The fourth-order valence-electron chi connectivity index (χ4n) is 3.88. The van der Waals surface area contributed by atoms with Crippen LogP contribution in [0.4, 0.5) is 20.6 Å². The number of esters is 1. The van der Waals surface area contributed by atoms with E-state index in [0.29, 0.717) is 0 Å². The number of hydrogen-bond acceptors (Lipinski definition) is 8. The minimum atomic E-state index is -0.974. The maximum atomic E-state index is 13.8. The molecule has 1 fully saturated rings. The minimum absolute atomic E-state index is 0.00581. The van der Waals surface area contributed by atoms with Crippen LogP contribution in [0.15, 0.2) is 66.2 Å². The Morgan fingerprint density at radius 1 is 1.05 bits per heavy atom. The van der Waals surface area contributed by atoms with E-state index in [1.807, 2.05) is 0 Å². The number of urea groups is 1. The molecule has 3 aromatic rings. The Morgan fingerprint density at radius 3 is 2.43 bits per heavy atom. The largest absolute Gasteiger partial charge is 0.490 e. The molecule has 5 amide bonds. The van der Waals surface area contributed by atoms with Gasteiger partial charge in [0.15, 0.2) is 18.1 Å². The maximum Gasteiger partial charge on any atom is 0.337 e. The van der Waals surface area contributed by atoms with E-state index in [2.05, 4.69) is 15.4 Å². The minimum Gasteiger partial charge on any atom is -0.490 e. The predicted molar refractivity (Wildman–Crippen MR) is 150 cm³/mol. The summed E-state index contributed by atoms with van der Waals surface area (Å²) < 4.78 is 29.6. The van der Waals surface area contributed by atoms with Crippen molar-refractivity contribution in [3.05, 3.63) is 88.2 Å². The highest BCUT2D eigenvalue weighted by Gasteiger charge is 2.37. The van der Waals surface area contributed by atoms with E-state index in [-0.39, 0.29) is 51.2 Å². The first-order chi connectivity index (χ1) is 20.1. The summed E-state index contributed by atoms with van der Waals surface area (Å²) in [5.41, 5.74) is 0.146. The van der Waals surface area contributed by atoms with E-state index in [9.17, 15) is 28.4 Å². The number of amides is 5. The van der Waals surface area contributed by atoms with Gasteiger partial charge in [-0.1, -0.05) is 23.7 Å². The van der Waals surface area contributed by atoms with Crippen molar-refractivity contribution in [3.63, 3.8) is 0 Å². The molecule has 0 aliphatic carbocycles. The van der Waals surface area contributed by atoms with Gasteiger partial charge >= 0.3 is 12.0 Å². The van der Waals surface area contributed by atoms with E-state index in [1.165, 1.54) is 67.8 Å². The van der Waals surface area contributed by atoms with Crippen LogP contribution >= 0.6 is 11.6 Å². The number of nitrogens with zero attached hydrogens (tertiary/aromatic N) is 1. The molecule has 1 heterocycles. The average Bonchev–Trinajstić information content (AvgIpc) is 2.96. The summed E-state index contributed by atoms with van der Waals surface area (Å²) >= 11 is 6.42. The topological polar surface area (TPSA) is 140 Å². The average molecular weight is 596 g/mol. The molecule has 0 saturated carbocycles. The highest BCUT2D eigenvalue weighted by molar-refractivity contribution is 6.39. The molecular weight excluding hydrogens is 573 g/mol. The highest BCUT2D eigenvalue weighted by Crippen LogP contribution is 2.37. The first-order valence-electron chi connectivity index (χ1n) is 12.4. The number of barbiturate groups is 1. The van der Waals surface area contributed by atoms with Crippen LogP contribution in [0.3, 0.4) is 0 Å². The van der Waals surface area contributed by atoms with Crippen LogP contribution in [0.2, 0.25) is 5.02 Å². The summed E-state index contributed by atoms with van der Waals surface area (Å²) in [6.45, 7) is 1.35. The van der Waals surface area contributed by atoms with Gasteiger partial charge in [0, 0.05) is 0 Å². The predicted octanol–water partition coefficient (Wildman–Crippen LogP) is 4.35. The molecule has 11 nitrogen and oxygen atoms in total. The third-order valence-corrected chi connectivity index (χ3v) is 6.07. The number of ether oxygens (including phenoxy) is 3. The van der Waals surface area contributed by atoms with E-state index in [4.69, 9.17) is 21.1 Å². The smallest absolute Gasteiger partial charge is 0.337 e. The van der Waals surface area contributed by atoms with Crippen molar-refractivity contribution in [3.8, 4) is 11.5 Å². The SMILES string of the molecule is CCOc1cc(/C=C2/C(=O)NC(=O)N(c3ccc(C(=O)OC)cc3)C2=O)cc(Cl)c1OCC(=O)Nc1ccccc1F. The van der Waals surface area contributed by atoms with Gasteiger partial charge in [-0.05, 0) is 67.1 Å². The molecule has 216 valence electrons. The van der Waals surface area contributed by atoms with E-state index in [0.717, 1.165) is 4.90 Å². The molecule has 0 atom stereocenters. The van der Waals surface area contributed by atoms with Gasteiger partial charge in [0.2, 0.25) is 0 Å². The lowest BCUT2D eigenvalue weighted by molar-refractivity contribution is -0.122. The first kappa shape index (κ1) is 29.7. The molecule has 0 radical (unpaired) electrons. The molecule has 4 rings (SSSR count). The number of methoxy groups -OCH3 is 1. The molecule has 42 heavy (non-hydrogen) atoms. The van der Waals surface area contributed by atoms with Gasteiger partial charge in [-0.2, -0.15) is 0 Å². The number of benzene rings is 3. The van der Waals surface area contributed by atoms with Crippen molar-refractivity contribution in [2.75, 3.05) is 30.5 Å². The monoisotopic (exact) mass is 595 g/mol. The molecule has 1 aliphatic rings. The molecule has 2 N–H and O–H groups in total. The molecule has 1 aliphatic heterocycles. The Labute approximate surface area is 243 Å². The lowest BCUT2D eigenvalue weighted by atomic mass is 10.1. The quantitative estimate of drug-likeness (QED) is 0.211. The summed E-state index contributed by atoms with van der Waals surface area (Å²) in [6, 6.07) is 12.9. The van der Waals surface area contributed by atoms with Crippen molar-refractivity contribution >= 4 is 58.8 Å². The lowest BCUT2D eigenvalue weighted by Gasteiger charge is -2.26. The van der Waals surface area contributed by atoms with Gasteiger partial charge in [0.05, 0.1) is 35.7 Å². The number of halogens is 2. The fraction of sp³-hybridized carbons (Fsp3) is 0.138. The molecule has 0 aromatic heterocycles. The van der Waals surface area contributed by atoms with Gasteiger partial charge in [-0.15, -0.1) is 0 Å². The van der Waals surface area contributed by atoms with Crippen LogP contribution in [-0.2, 0) is 19.1 Å². The number of rotatable bonds is 9. The number of hydrogen-bond donors (Lipinski definition) is 2. The Morgan fingerprint density at radius 2 is 1.76 bits per heavy atom. The highest BCUT2D eigenvalue weighted by atomic mass is 35.5.